The van der Waals surface area contributed by atoms with Gasteiger partial charge >= 0.3 is 0 Å². The smallest absolute Gasteiger partial charge is 0.271 e. The van der Waals surface area contributed by atoms with Crippen molar-refractivity contribution in [2.75, 3.05) is 11.9 Å². The van der Waals surface area contributed by atoms with Gasteiger partial charge in [0.2, 0.25) is 5.89 Å². The van der Waals surface area contributed by atoms with E-state index in [1.54, 1.807) is 6.92 Å². The van der Waals surface area contributed by atoms with E-state index in [1.165, 1.54) is 12.1 Å². The second-order valence-electron chi connectivity index (χ2n) is 4.23. The maximum Gasteiger partial charge on any atom is 0.271 e. The monoisotopic (exact) mass is 262 g/mol. The van der Waals surface area contributed by atoms with E-state index < -0.39 is 4.92 Å². The van der Waals surface area contributed by atoms with Crippen molar-refractivity contribution < 1.29 is 9.45 Å². The zero-order valence-electron chi connectivity index (χ0n) is 10.7. The molecule has 1 aromatic heterocycles. The molecule has 0 saturated carbocycles. The summed E-state index contributed by atoms with van der Waals surface area (Å²) >= 11 is 0. The molecule has 0 saturated heterocycles. The molecular formula is C12H14N4O3. The number of aromatic nitrogens is 2. The number of nitrogens with one attached hydrogen (secondary N) is 1. The molecule has 0 spiro atoms. The number of aryl methyl sites for hydroxylation is 2. The number of hydrogen-bond acceptors (Lipinski definition) is 6. The Morgan fingerprint density at radius 2 is 2.16 bits per heavy atom. The minimum atomic E-state index is -0.403. The van der Waals surface area contributed by atoms with Crippen molar-refractivity contribution in [2.24, 2.45) is 0 Å². The molecule has 7 nitrogen and oxygen atoms in total. The van der Waals surface area contributed by atoms with E-state index >= 15 is 0 Å². The summed E-state index contributed by atoms with van der Waals surface area (Å²) in [5, 5.41) is 17.5. The van der Waals surface area contributed by atoms with Crippen molar-refractivity contribution in [3.05, 3.63) is 45.6 Å². The summed E-state index contributed by atoms with van der Waals surface area (Å²) in [5.74, 6) is 1.15. The van der Waals surface area contributed by atoms with Crippen LogP contribution in [-0.2, 0) is 6.42 Å². The second-order valence-corrected chi connectivity index (χ2v) is 4.23. The molecule has 0 aliphatic rings. The first kappa shape index (κ1) is 13.0. The maximum absolute atomic E-state index is 10.7. The molecule has 0 unspecified atom stereocenters. The van der Waals surface area contributed by atoms with Gasteiger partial charge in [-0.2, -0.15) is 4.98 Å². The lowest BCUT2D eigenvalue weighted by atomic mass is 10.2. The van der Waals surface area contributed by atoms with Crippen molar-refractivity contribution in [2.45, 2.75) is 20.3 Å². The van der Waals surface area contributed by atoms with Crippen molar-refractivity contribution in [1.82, 2.24) is 10.1 Å². The van der Waals surface area contributed by atoms with Crippen LogP contribution in [0.1, 0.15) is 17.3 Å². The molecule has 100 valence electrons. The summed E-state index contributed by atoms with van der Waals surface area (Å²) in [6, 6.07) is 4.89. The van der Waals surface area contributed by atoms with E-state index in [0.29, 0.717) is 30.4 Å². The molecule has 1 aromatic carbocycles. The number of non-ortho nitro benzene ring substituents is 1. The molecule has 19 heavy (non-hydrogen) atoms. The summed E-state index contributed by atoms with van der Waals surface area (Å²) in [6.07, 6.45) is 0.572. The maximum atomic E-state index is 10.7. The fourth-order valence-electron chi connectivity index (χ4n) is 1.73. The van der Waals surface area contributed by atoms with Crippen LogP contribution in [0.2, 0.25) is 0 Å². The van der Waals surface area contributed by atoms with Gasteiger partial charge in [-0.05, 0) is 25.5 Å². The van der Waals surface area contributed by atoms with E-state index in [4.69, 9.17) is 4.52 Å². The highest BCUT2D eigenvalue weighted by Gasteiger charge is 2.08. The first-order valence-electron chi connectivity index (χ1n) is 5.84. The summed E-state index contributed by atoms with van der Waals surface area (Å²) in [4.78, 5) is 14.4. The van der Waals surface area contributed by atoms with Gasteiger partial charge in [0.25, 0.3) is 5.69 Å². The number of benzene rings is 1. The topological polar surface area (TPSA) is 94.1 Å². The fourth-order valence-corrected chi connectivity index (χ4v) is 1.73. The van der Waals surface area contributed by atoms with Gasteiger partial charge in [0.05, 0.1) is 4.92 Å². The number of nitro benzene ring substituents is 1. The van der Waals surface area contributed by atoms with E-state index in [0.717, 1.165) is 5.56 Å². The summed E-state index contributed by atoms with van der Waals surface area (Å²) in [5.41, 5.74) is 1.63. The lowest BCUT2D eigenvalue weighted by Gasteiger charge is -2.05. The second kappa shape index (κ2) is 5.47. The molecular weight excluding hydrogens is 248 g/mol. The summed E-state index contributed by atoms with van der Waals surface area (Å²) in [7, 11) is 0. The van der Waals surface area contributed by atoms with Crippen LogP contribution >= 0.6 is 0 Å². The van der Waals surface area contributed by atoms with Crippen LogP contribution in [0.15, 0.2) is 22.7 Å². The number of nitrogens with zero attached hydrogens (tertiary/aromatic N) is 3. The quantitative estimate of drug-likeness (QED) is 0.656. The third kappa shape index (κ3) is 3.51. The molecule has 1 N–H and O–H groups in total. The SMILES string of the molecule is Cc1cc(NCCc2nc(C)no2)cc([N+](=O)[O-])c1. The first-order valence-corrected chi connectivity index (χ1v) is 5.84. The summed E-state index contributed by atoms with van der Waals surface area (Å²) in [6.45, 7) is 4.14. The Morgan fingerprint density at radius 1 is 1.37 bits per heavy atom. The van der Waals surface area contributed by atoms with Gasteiger partial charge in [0.15, 0.2) is 5.82 Å². The third-order valence-corrected chi connectivity index (χ3v) is 2.51. The van der Waals surface area contributed by atoms with Crippen LogP contribution in [0, 0.1) is 24.0 Å². The molecule has 0 fully saturated rings. The molecule has 0 radical (unpaired) electrons. The molecule has 1 heterocycles. The number of rotatable bonds is 5. The van der Waals surface area contributed by atoms with Crippen molar-refractivity contribution in [1.29, 1.82) is 0 Å². The van der Waals surface area contributed by atoms with Crippen LogP contribution < -0.4 is 5.32 Å². The van der Waals surface area contributed by atoms with E-state index in [-0.39, 0.29) is 5.69 Å². The molecule has 0 aliphatic heterocycles. The zero-order valence-corrected chi connectivity index (χ0v) is 10.7. The standard InChI is InChI=1S/C12H14N4O3/c1-8-5-10(7-11(6-8)16(17)18)13-4-3-12-14-9(2)15-19-12/h5-7,13H,3-4H2,1-2H3. The van der Waals surface area contributed by atoms with Crippen molar-refractivity contribution in [3.8, 4) is 0 Å². The Balaban J connectivity index is 1.97. The van der Waals surface area contributed by atoms with Gasteiger partial charge in [-0.25, -0.2) is 0 Å². The highest BCUT2D eigenvalue weighted by atomic mass is 16.6. The largest absolute Gasteiger partial charge is 0.384 e. The number of hydrogen-bond donors (Lipinski definition) is 1. The van der Waals surface area contributed by atoms with Crippen LogP contribution in [0.25, 0.3) is 0 Å². The van der Waals surface area contributed by atoms with Gasteiger partial charge < -0.3 is 9.84 Å². The highest BCUT2D eigenvalue weighted by Crippen LogP contribution is 2.20. The minimum Gasteiger partial charge on any atom is -0.384 e. The minimum absolute atomic E-state index is 0.0798. The number of nitro groups is 1. The van der Waals surface area contributed by atoms with Gasteiger partial charge in [0, 0.05) is 30.8 Å². The summed E-state index contributed by atoms with van der Waals surface area (Å²) < 4.78 is 4.98. The molecule has 2 rings (SSSR count). The molecule has 0 atom stereocenters. The van der Waals surface area contributed by atoms with E-state index in [9.17, 15) is 10.1 Å². The predicted molar refractivity (Wildman–Crippen MR) is 69.1 cm³/mol. The van der Waals surface area contributed by atoms with Gasteiger partial charge in [-0.3, -0.25) is 10.1 Å². The van der Waals surface area contributed by atoms with Gasteiger partial charge in [-0.1, -0.05) is 5.16 Å². The average Bonchev–Trinajstić information content (AvgIpc) is 2.74. The Kier molecular flexibility index (Phi) is 3.74. The molecule has 7 heteroatoms. The normalized spacial score (nSPS) is 10.4. The molecule has 2 aromatic rings. The fraction of sp³-hybridized carbons (Fsp3) is 0.333. The Labute approximate surface area is 109 Å². The van der Waals surface area contributed by atoms with Crippen LogP contribution in [0.5, 0.6) is 0 Å². The highest BCUT2D eigenvalue weighted by molar-refractivity contribution is 5.53. The first-order chi connectivity index (χ1) is 9.04. The van der Waals surface area contributed by atoms with Crippen molar-refractivity contribution >= 4 is 11.4 Å². The Morgan fingerprint density at radius 3 is 2.79 bits per heavy atom. The van der Waals surface area contributed by atoms with Crippen LogP contribution in [0.4, 0.5) is 11.4 Å². The lowest BCUT2D eigenvalue weighted by molar-refractivity contribution is -0.384. The zero-order chi connectivity index (χ0) is 13.8. The molecule has 0 amide bonds. The van der Waals surface area contributed by atoms with E-state index in [1.807, 2.05) is 13.0 Å². The predicted octanol–water partition coefficient (Wildman–Crippen LogP) is 2.25. The van der Waals surface area contributed by atoms with Gasteiger partial charge in [-0.15, -0.1) is 0 Å². The molecule has 0 bridgehead atoms. The third-order valence-electron chi connectivity index (χ3n) is 2.51. The van der Waals surface area contributed by atoms with Crippen LogP contribution in [0.3, 0.4) is 0 Å². The van der Waals surface area contributed by atoms with Crippen LogP contribution in [-0.4, -0.2) is 21.6 Å². The molecule has 0 aliphatic carbocycles. The lowest BCUT2D eigenvalue weighted by Crippen LogP contribution is -2.05. The Hall–Kier alpha value is -2.44. The van der Waals surface area contributed by atoms with E-state index in [2.05, 4.69) is 15.5 Å². The van der Waals surface area contributed by atoms with Gasteiger partial charge in [0.1, 0.15) is 0 Å². The average molecular weight is 262 g/mol. The van der Waals surface area contributed by atoms with Crippen molar-refractivity contribution in [3.63, 3.8) is 0 Å². The number of anilines is 1. The Bertz CT molecular complexity index is 594.